The van der Waals surface area contributed by atoms with Gasteiger partial charge in [0, 0.05) is 10.6 Å². The van der Waals surface area contributed by atoms with Crippen LogP contribution in [0.1, 0.15) is 16.7 Å². The standard InChI is InChI=1S/C21H18ClF2NO/c22-18-7-1-15(2-8-18)13-25-14-21(26,16-3-9-19(23)10-4-16)17-5-11-20(24)12-6-17/h1-12,25-26H,13-14H2/p+1. The van der Waals surface area contributed by atoms with Crippen molar-refractivity contribution in [1.29, 1.82) is 0 Å². The summed E-state index contributed by atoms with van der Waals surface area (Å²) in [6.07, 6.45) is 0. The summed E-state index contributed by atoms with van der Waals surface area (Å²) in [5, 5.41) is 14.0. The highest BCUT2D eigenvalue weighted by atomic mass is 35.5. The van der Waals surface area contributed by atoms with E-state index in [0.29, 0.717) is 29.2 Å². The van der Waals surface area contributed by atoms with Crippen LogP contribution in [0.25, 0.3) is 0 Å². The number of halogens is 3. The fourth-order valence-corrected chi connectivity index (χ4v) is 3.05. The van der Waals surface area contributed by atoms with Gasteiger partial charge in [-0.15, -0.1) is 0 Å². The summed E-state index contributed by atoms with van der Waals surface area (Å²) < 4.78 is 26.6. The Kier molecular flexibility index (Phi) is 5.67. The zero-order valence-corrected chi connectivity index (χ0v) is 14.8. The molecule has 3 aromatic rings. The third kappa shape index (κ3) is 4.28. The number of hydrogen-bond acceptors (Lipinski definition) is 1. The van der Waals surface area contributed by atoms with Crippen LogP contribution in [0.2, 0.25) is 5.02 Å². The summed E-state index contributed by atoms with van der Waals surface area (Å²) in [5.74, 6) is -0.749. The summed E-state index contributed by atoms with van der Waals surface area (Å²) in [5.41, 5.74) is 0.805. The first-order chi connectivity index (χ1) is 12.5. The number of benzene rings is 3. The maximum absolute atomic E-state index is 13.3. The summed E-state index contributed by atoms with van der Waals surface area (Å²) >= 11 is 5.89. The van der Waals surface area contributed by atoms with Gasteiger partial charge in [-0.1, -0.05) is 48.0 Å². The van der Waals surface area contributed by atoms with E-state index in [9.17, 15) is 13.9 Å². The molecular weight excluding hydrogens is 356 g/mol. The number of aliphatic hydroxyl groups is 1. The van der Waals surface area contributed by atoms with Gasteiger partial charge >= 0.3 is 0 Å². The molecule has 0 aliphatic rings. The molecule has 0 aliphatic carbocycles. The molecule has 0 aromatic heterocycles. The molecule has 134 valence electrons. The fourth-order valence-electron chi connectivity index (χ4n) is 2.92. The maximum atomic E-state index is 13.3. The van der Waals surface area contributed by atoms with Gasteiger partial charge < -0.3 is 10.4 Å². The van der Waals surface area contributed by atoms with E-state index >= 15 is 0 Å². The van der Waals surface area contributed by atoms with Crippen LogP contribution in [0.5, 0.6) is 0 Å². The lowest BCUT2D eigenvalue weighted by molar-refractivity contribution is -0.682. The van der Waals surface area contributed by atoms with Crippen molar-refractivity contribution < 1.29 is 19.2 Å². The monoisotopic (exact) mass is 374 g/mol. The Balaban J connectivity index is 1.83. The summed E-state index contributed by atoms with van der Waals surface area (Å²) in [6.45, 7) is 0.939. The summed E-state index contributed by atoms with van der Waals surface area (Å²) in [6, 6.07) is 18.9. The minimum absolute atomic E-state index is 0.299. The molecule has 26 heavy (non-hydrogen) atoms. The minimum Gasteiger partial charge on any atom is -0.375 e. The van der Waals surface area contributed by atoms with E-state index in [-0.39, 0.29) is 11.6 Å². The Labute approximate surface area is 156 Å². The highest BCUT2D eigenvalue weighted by Crippen LogP contribution is 2.28. The van der Waals surface area contributed by atoms with Crippen LogP contribution in [-0.4, -0.2) is 11.7 Å². The predicted molar refractivity (Wildman–Crippen MR) is 97.7 cm³/mol. The van der Waals surface area contributed by atoms with Gasteiger partial charge in [-0.3, -0.25) is 0 Å². The highest BCUT2D eigenvalue weighted by molar-refractivity contribution is 6.30. The van der Waals surface area contributed by atoms with Crippen LogP contribution in [0, 0.1) is 11.6 Å². The van der Waals surface area contributed by atoms with Crippen LogP contribution in [-0.2, 0) is 12.1 Å². The van der Waals surface area contributed by atoms with E-state index in [0.717, 1.165) is 5.56 Å². The van der Waals surface area contributed by atoms with Crippen LogP contribution in [0.4, 0.5) is 8.78 Å². The molecule has 3 aromatic carbocycles. The first-order valence-electron chi connectivity index (χ1n) is 8.28. The lowest BCUT2D eigenvalue weighted by Crippen LogP contribution is -2.86. The molecule has 0 heterocycles. The largest absolute Gasteiger partial charge is 0.375 e. The van der Waals surface area contributed by atoms with Crippen molar-refractivity contribution in [2.75, 3.05) is 6.54 Å². The SMILES string of the molecule is OC(C[NH2+]Cc1ccc(Cl)cc1)(c1ccc(F)cc1)c1ccc(F)cc1. The Bertz CT molecular complexity index is 803. The van der Waals surface area contributed by atoms with E-state index in [1.165, 1.54) is 24.3 Å². The van der Waals surface area contributed by atoms with Crippen molar-refractivity contribution in [3.8, 4) is 0 Å². The molecule has 0 spiro atoms. The van der Waals surface area contributed by atoms with E-state index in [2.05, 4.69) is 0 Å². The van der Waals surface area contributed by atoms with Gasteiger partial charge in [0.15, 0.2) is 5.60 Å². The molecule has 0 saturated carbocycles. The third-order valence-electron chi connectivity index (χ3n) is 4.38. The minimum atomic E-state index is -1.37. The van der Waals surface area contributed by atoms with Crippen molar-refractivity contribution in [1.82, 2.24) is 0 Å². The molecule has 3 N–H and O–H groups in total. The molecule has 0 bridgehead atoms. The highest BCUT2D eigenvalue weighted by Gasteiger charge is 2.33. The molecule has 0 radical (unpaired) electrons. The van der Waals surface area contributed by atoms with E-state index in [1.54, 1.807) is 24.3 Å². The Morgan fingerprint density at radius 1 is 0.769 bits per heavy atom. The second-order valence-corrected chi connectivity index (χ2v) is 6.63. The first kappa shape index (κ1) is 18.5. The predicted octanol–water partition coefficient (Wildman–Crippen LogP) is 3.62. The average molecular weight is 375 g/mol. The zero-order chi connectivity index (χ0) is 18.6. The van der Waals surface area contributed by atoms with Gasteiger partial charge in [0.2, 0.25) is 0 Å². The molecule has 0 saturated heterocycles. The second kappa shape index (κ2) is 7.96. The van der Waals surface area contributed by atoms with Crippen LogP contribution in [0.3, 0.4) is 0 Å². The molecular formula is C21H19ClF2NO+. The molecule has 0 amide bonds. The van der Waals surface area contributed by atoms with Crippen LogP contribution in [0.15, 0.2) is 72.8 Å². The quantitative estimate of drug-likeness (QED) is 0.679. The van der Waals surface area contributed by atoms with Crippen molar-refractivity contribution in [3.05, 3.63) is 106 Å². The lowest BCUT2D eigenvalue weighted by atomic mass is 9.86. The van der Waals surface area contributed by atoms with Gasteiger partial charge in [0.05, 0.1) is 0 Å². The normalized spacial score (nSPS) is 11.5. The van der Waals surface area contributed by atoms with Gasteiger partial charge in [0.25, 0.3) is 0 Å². The smallest absolute Gasteiger partial charge is 0.163 e. The van der Waals surface area contributed by atoms with Gasteiger partial charge in [-0.05, 0) is 47.5 Å². The lowest BCUT2D eigenvalue weighted by Gasteiger charge is -2.28. The topological polar surface area (TPSA) is 36.8 Å². The Hall–Kier alpha value is -2.27. The Morgan fingerprint density at radius 3 is 1.69 bits per heavy atom. The summed E-state index contributed by atoms with van der Waals surface area (Å²) in [7, 11) is 0. The number of hydrogen-bond donors (Lipinski definition) is 2. The van der Waals surface area contributed by atoms with Crippen molar-refractivity contribution in [3.63, 3.8) is 0 Å². The van der Waals surface area contributed by atoms with Gasteiger partial charge in [-0.25, -0.2) is 8.78 Å². The third-order valence-corrected chi connectivity index (χ3v) is 4.63. The molecule has 3 rings (SSSR count). The van der Waals surface area contributed by atoms with Crippen LogP contribution < -0.4 is 5.32 Å². The van der Waals surface area contributed by atoms with Gasteiger partial charge in [0.1, 0.15) is 24.7 Å². The zero-order valence-electron chi connectivity index (χ0n) is 14.0. The van der Waals surface area contributed by atoms with E-state index in [4.69, 9.17) is 11.6 Å². The summed E-state index contributed by atoms with van der Waals surface area (Å²) in [4.78, 5) is 0. The van der Waals surface area contributed by atoms with Crippen molar-refractivity contribution in [2.24, 2.45) is 0 Å². The van der Waals surface area contributed by atoms with Gasteiger partial charge in [-0.2, -0.15) is 0 Å². The van der Waals surface area contributed by atoms with E-state index in [1.807, 2.05) is 29.6 Å². The molecule has 5 heteroatoms. The molecule has 0 atom stereocenters. The molecule has 0 unspecified atom stereocenters. The van der Waals surface area contributed by atoms with Crippen molar-refractivity contribution >= 4 is 11.6 Å². The Morgan fingerprint density at radius 2 is 1.23 bits per heavy atom. The number of nitrogens with two attached hydrogens (primary N) is 1. The molecule has 0 aliphatic heterocycles. The number of quaternary nitrogens is 1. The second-order valence-electron chi connectivity index (χ2n) is 6.20. The van der Waals surface area contributed by atoms with Crippen LogP contribution >= 0.6 is 11.6 Å². The average Bonchev–Trinajstić information content (AvgIpc) is 2.64. The molecule has 2 nitrogen and oxygen atoms in total. The molecule has 0 fully saturated rings. The maximum Gasteiger partial charge on any atom is 0.163 e. The first-order valence-corrected chi connectivity index (χ1v) is 8.66. The van der Waals surface area contributed by atoms with E-state index < -0.39 is 5.60 Å². The fraction of sp³-hybridized carbons (Fsp3) is 0.143. The van der Waals surface area contributed by atoms with Crippen molar-refractivity contribution in [2.45, 2.75) is 12.1 Å². The number of rotatable bonds is 6.